The van der Waals surface area contributed by atoms with E-state index in [9.17, 15) is 4.79 Å². The molecule has 0 unspecified atom stereocenters. The third-order valence-electron chi connectivity index (χ3n) is 3.67. The molecule has 2 aromatic rings. The van der Waals surface area contributed by atoms with Gasteiger partial charge in [-0.05, 0) is 23.8 Å². The molecule has 0 bridgehead atoms. The van der Waals surface area contributed by atoms with E-state index in [1.165, 1.54) is 4.90 Å². The van der Waals surface area contributed by atoms with E-state index in [4.69, 9.17) is 9.94 Å². The van der Waals surface area contributed by atoms with E-state index in [0.717, 1.165) is 10.0 Å². The van der Waals surface area contributed by atoms with Gasteiger partial charge in [-0.15, -0.1) is 0 Å². The molecule has 0 spiro atoms. The van der Waals surface area contributed by atoms with Gasteiger partial charge in [-0.3, -0.25) is 9.69 Å². The highest BCUT2D eigenvalue weighted by Gasteiger charge is 2.35. The molecule has 1 heterocycles. The largest absolute Gasteiger partial charge is 0.492 e. The molecule has 3 rings (SSSR count). The maximum absolute atomic E-state index is 12.4. The van der Waals surface area contributed by atoms with Crippen molar-refractivity contribution in [3.05, 3.63) is 76.5 Å². The van der Waals surface area contributed by atoms with Gasteiger partial charge in [-0.1, -0.05) is 58.0 Å². The van der Waals surface area contributed by atoms with Crippen molar-refractivity contribution in [2.75, 3.05) is 11.4 Å². The Bertz CT molecular complexity index is 818. The van der Waals surface area contributed by atoms with Gasteiger partial charge < -0.3 is 9.94 Å². The highest BCUT2D eigenvalue weighted by atomic mass is 79.9. The van der Waals surface area contributed by atoms with Crippen molar-refractivity contribution in [1.29, 1.82) is 0 Å². The highest BCUT2D eigenvalue weighted by Crippen LogP contribution is 2.32. The maximum Gasteiger partial charge on any atom is 0.281 e. The first-order valence-electron chi connectivity index (χ1n) is 7.28. The summed E-state index contributed by atoms with van der Waals surface area (Å²) in [6, 6.07) is 15.1. The van der Waals surface area contributed by atoms with Gasteiger partial charge in [0.2, 0.25) is 0 Å². The Morgan fingerprint density at radius 2 is 2.00 bits per heavy atom. The molecule has 0 atom stereocenters. The molecule has 1 amide bonds. The number of fused-ring (bicyclic) bond motifs is 1. The summed E-state index contributed by atoms with van der Waals surface area (Å²) in [5.41, 5.74) is 2.28. The van der Waals surface area contributed by atoms with Gasteiger partial charge in [-0.25, -0.2) is 0 Å². The quantitative estimate of drug-likeness (QED) is 0.484. The number of benzene rings is 2. The van der Waals surface area contributed by atoms with Crippen molar-refractivity contribution < 1.29 is 14.7 Å². The first-order chi connectivity index (χ1) is 11.6. The molecule has 5 nitrogen and oxygen atoms in total. The van der Waals surface area contributed by atoms with Crippen molar-refractivity contribution >= 4 is 33.2 Å². The summed E-state index contributed by atoms with van der Waals surface area (Å²) >= 11 is 3.35. The van der Waals surface area contributed by atoms with E-state index in [1.54, 1.807) is 12.1 Å². The third-order valence-corrected chi connectivity index (χ3v) is 4.17. The molecule has 1 aliphatic rings. The van der Waals surface area contributed by atoms with Gasteiger partial charge in [0.1, 0.15) is 12.4 Å². The number of carbonyl (C=O) groups excluding carboxylic acids is 1. The van der Waals surface area contributed by atoms with E-state index < -0.39 is 0 Å². The van der Waals surface area contributed by atoms with E-state index in [0.29, 0.717) is 23.6 Å². The van der Waals surface area contributed by atoms with E-state index >= 15 is 0 Å². The van der Waals surface area contributed by atoms with Crippen LogP contribution in [-0.2, 0) is 16.1 Å². The van der Waals surface area contributed by atoms with Crippen LogP contribution in [0.2, 0.25) is 0 Å². The number of halogens is 1. The number of hydrogen-bond donors (Lipinski definition) is 1. The number of oxime groups is 1. The van der Waals surface area contributed by atoms with Crippen LogP contribution in [0.5, 0.6) is 0 Å². The number of nitrogens with zero attached hydrogens (tertiary/aromatic N) is 2. The average Bonchev–Trinajstić information content (AvgIpc) is 2.84. The normalized spacial score (nSPS) is 14.8. The summed E-state index contributed by atoms with van der Waals surface area (Å²) in [6.45, 7) is 4.46. The lowest BCUT2D eigenvalue weighted by molar-refractivity contribution is -0.112. The molecule has 0 aliphatic carbocycles. The minimum Gasteiger partial charge on any atom is -0.492 e. The van der Waals surface area contributed by atoms with Crippen LogP contribution in [-0.4, -0.2) is 23.4 Å². The van der Waals surface area contributed by atoms with E-state index in [1.807, 2.05) is 36.4 Å². The summed E-state index contributed by atoms with van der Waals surface area (Å²) in [7, 11) is 0. The lowest BCUT2D eigenvalue weighted by Gasteiger charge is -2.18. The van der Waals surface area contributed by atoms with Gasteiger partial charge >= 0.3 is 0 Å². The molecule has 1 N–H and O–H groups in total. The smallest absolute Gasteiger partial charge is 0.281 e. The Morgan fingerprint density at radius 3 is 2.71 bits per heavy atom. The molecular weight excluding hydrogens is 372 g/mol. The molecule has 24 heavy (non-hydrogen) atoms. The predicted octanol–water partition coefficient (Wildman–Crippen LogP) is 3.70. The zero-order valence-corrected chi connectivity index (χ0v) is 14.4. The molecule has 0 radical (unpaired) electrons. The van der Waals surface area contributed by atoms with Gasteiger partial charge in [0.25, 0.3) is 5.91 Å². The monoisotopic (exact) mass is 386 g/mol. The van der Waals surface area contributed by atoms with E-state index in [2.05, 4.69) is 27.7 Å². The second-order valence-electron chi connectivity index (χ2n) is 5.31. The van der Waals surface area contributed by atoms with Gasteiger partial charge in [0.15, 0.2) is 5.71 Å². The van der Waals surface area contributed by atoms with Crippen LogP contribution < -0.4 is 4.90 Å². The fourth-order valence-corrected chi connectivity index (χ4v) is 2.88. The predicted molar refractivity (Wildman–Crippen MR) is 95.2 cm³/mol. The number of rotatable bonds is 5. The summed E-state index contributed by atoms with van der Waals surface area (Å²) in [4.78, 5) is 13.9. The van der Waals surface area contributed by atoms with Crippen molar-refractivity contribution in [2.45, 2.75) is 6.61 Å². The summed E-state index contributed by atoms with van der Waals surface area (Å²) in [5.74, 6) is 0.0790. The molecule has 6 heteroatoms. The van der Waals surface area contributed by atoms with Gasteiger partial charge in [0, 0.05) is 10.0 Å². The van der Waals surface area contributed by atoms with Crippen LogP contribution >= 0.6 is 15.9 Å². The zero-order chi connectivity index (χ0) is 17.1. The second-order valence-corrected chi connectivity index (χ2v) is 6.23. The molecule has 1 aliphatic heterocycles. The summed E-state index contributed by atoms with van der Waals surface area (Å²) in [5, 5.41) is 12.3. The zero-order valence-electron chi connectivity index (χ0n) is 12.8. The minimum absolute atomic E-state index is 0.0159. The Balaban J connectivity index is 1.73. The topological polar surface area (TPSA) is 62.1 Å². The van der Waals surface area contributed by atoms with Crippen LogP contribution in [0.25, 0.3) is 0 Å². The molecule has 122 valence electrons. The number of carbonyl (C=O) groups is 1. The lowest BCUT2D eigenvalue weighted by Crippen LogP contribution is -2.32. The molecule has 0 saturated heterocycles. The van der Waals surface area contributed by atoms with Gasteiger partial charge in [0.05, 0.1) is 12.2 Å². The number of ether oxygens (including phenoxy) is 1. The van der Waals surface area contributed by atoms with Crippen molar-refractivity contribution in [3.63, 3.8) is 0 Å². The van der Waals surface area contributed by atoms with Crippen molar-refractivity contribution in [1.82, 2.24) is 0 Å². The average molecular weight is 387 g/mol. The maximum atomic E-state index is 12.4. The summed E-state index contributed by atoms with van der Waals surface area (Å²) < 4.78 is 6.45. The number of amides is 1. The molecule has 0 fully saturated rings. The highest BCUT2D eigenvalue weighted by molar-refractivity contribution is 9.10. The minimum atomic E-state index is -0.380. The Kier molecular flexibility index (Phi) is 4.66. The standard InChI is InChI=1S/C18H15BrN2O3/c1-12(24-11-13-5-3-2-4-6-13)10-21-16-8-7-14(19)9-15(16)17(20-23)18(21)22/h2-9,23H,1,10-11H2/b20-17-. The lowest BCUT2D eigenvalue weighted by atomic mass is 10.1. The van der Waals surface area contributed by atoms with Crippen LogP contribution in [0.4, 0.5) is 5.69 Å². The summed E-state index contributed by atoms with van der Waals surface area (Å²) in [6.07, 6.45) is 0. The van der Waals surface area contributed by atoms with Gasteiger partial charge in [-0.2, -0.15) is 0 Å². The molecule has 0 aromatic heterocycles. The SMILES string of the molecule is C=C(CN1C(=O)/C(=N\O)c2cc(Br)ccc21)OCc1ccccc1. The molecule has 0 saturated carbocycles. The Labute approximate surface area is 148 Å². The Hall–Kier alpha value is -2.60. The second kappa shape index (κ2) is 6.88. The Morgan fingerprint density at radius 1 is 1.25 bits per heavy atom. The number of hydrogen-bond acceptors (Lipinski definition) is 4. The first-order valence-corrected chi connectivity index (χ1v) is 8.08. The van der Waals surface area contributed by atoms with Crippen LogP contribution in [0.3, 0.4) is 0 Å². The first kappa shape index (κ1) is 16.3. The fourth-order valence-electron chi connectivity index (χ4n) is 2.52. The van der Waals surface area contributed by atoms with Crippen molar-refractivity contribution in [3.8, 4) is 0 Å². The van der Waals surface area contributed by atoms with Crippen molar-refractivity contribution in [2.24, 2.45) is 5.16 Å². The number of anilines is 1. The van der Waals surface area contributed by atoms with Crippen LogP contribution in [0, 0.1) is 0 Å². The van der Waals surface area contributed by atoms with Crippen LogP contribution in [0.1, 0.15) is 11.1 Å². The molecule has 2 aromatic carbocycles. The third kappa shape index (κ3) is 3.19. The molecular formula is C18H15BrN2O3. The fraction of sp³-hybridized carbons (Fsp3) is 0.111. The van der Waals surface area contributed by atoms with Crippen LogP contribution in [0.15, 0.2) is 70.5 Å². The van der Waals surface area contributed by atoms with E-state index in [-0.39, 0.29) is 18.2 Å².